The Bertz CT molecular complexity index is 1150. The zero-order valence-electron chi connectivity index (χ0n) is 21.6. The first-order chi connectivity index (χ1) is 17.1. The highest BCUT2D eigenvalue weighted by atomic mass is 16.6. The number of carbonyl (C=O) groups excluding carboxylic acids is 2. The fourth-order valence-electron chi connectivity index (χ4n) is 2.95. The van der Waals surface area contributed by atoms with Crippen LogP contribution in [0.5, 0.6) is 0 Å². The van der Waals surface area contributed by atoms with Crippen molar-refractivity contribution in [2.75, 3.05) is 26.6 Å². The minimum atomic E-state index is -0.638. The van der Waals surface area contributed by atoms with Gasteiger partial charge in [0.25, 0.3) is 0 Å². The number of benzene rings is 2. The first kappa shape index (κ1) is 28.0. The molecule has 0 saturated carbocycles. The van der Waals surface area contributed by atoms with E-state index in [2.05, 4.69) is 20.8 Å². The van der Waals surface area contributed by atoms with E-state index in [4.69, 9.17) is 19.2 Å². The van der Waals surface area contributed by atoms with Crippen LogP contribution in [0, 0.1) is 5.41 Å². The molecular formula is C26H32N4O6. The van der Waals surface area contributed by atoms with Crippen molar-refractivity contribution in [2.24, 2.45) is 20.9 Å². The number of methoxy groups -OCH3 is 1. The van der Waals surface area contributed by atoms with Gasteiger partial charge in [-0.3, -0.25) is 4.79 Å². The molecule has 0 aliphatic heterocycles. The highest BCUT2D eigenvalue weighted by Crippen LogP contribution is 2.19. The SMILES string of the molecule is CON=C(C(C)=NOCc1ccccc1C(=NOC)C(=O)OC)c1ccc(NC(=O)C(C)(C)C)cc1. The summed E-state index contributed by atoms with van der Waals surface area (Å²) in [5.74, 6) is -0.723. The maximum Gasteiger partial charge on any atom is 0.360 e. The number of nitrogens with zero attached hydrogens (tertiary/aromatic N) is 3. The monoisotopic (exact) mass is 496 g/mol. The molecule has 1 N–H and O–H groups in total. The van der Waals surface area contributed by atoms with Crippen LogP contribution in [-0.2, 0) is 35.4 Å². The highest BCUT2D eigenvalue weighted by Gasteiger charge is 2.21. The van der Waals surface area contributed by atoms with E-state index in [9.17, 15) is 9.59 Å². The number of rotatable bonds is 10. The topological polar surface area (TPSA) is 120 Å². The molecule has 0 unspecified atom stereocenters. The zero-order chi connectivity index (χ0) is 26.7. The fraction of sp³-hybridized carbons (Fsp3) is 0.346. The molecule has 10 nitrogen and oxygen atoms in total. The van der Waals surface area contributed by atoms with E-state index in [1.165, 1.54) is 21.3 Å². The van der Waals surface area contributed by atoms with E-state index in [-0.39, 0.29) is 18.2 Å². The Morgan fingerprint density at radius 3 is 2.06 bits per heavy atom. The second-order valence-corrected chi connectivity index (χ2v) is 8.63. The van der Waals surface area contributed by atoms with Crippen LogP contribution >= 0.6 is 0 Å². The molecule has 0 saturated heterocycles. The summed E-state index contributed by atoms with van der Waals surface area (Å²) in [4.78, 5) is 39.7. The number of oxime groups is 3. The third-order valence-corrected chi connectivity index (χ3v) is 4.88. The summed E-state index contributed by atoms with van der Waals surface area (Å²) in [7, 11) is 4.05. The summed E-state index contributed by atoms with van der Waals surface area (Å²) in [5, 5.41) is 14.9. The fourth-order valence-corrected chi connectivity index (χ4v) is 2.95. The summed E-state index contributed by atoms with van der Waals surface area (Å²) in [5.41, 5.74) is 2.95. The number of hydrogen-bond donors (Lipinski definition) is 1. The summed E-state index contributed by atoms with van der Waals surface area (Å²) in [6.45, 7) is 7.31. The van der Waals surface area contributed by atoms with Crippen LogP contribution in [0.3, 0.4) is 0 Å². The van der Waals surface area contributed by atoms with E-state index in [1.807, 2.05) is 20.8 Å². The predicted molar refractivity (Wildman–Crippen MR) is 138 cm³/mol. The van der Waals surface area contributed by atoms with Gasteiger partial charge in [0, 0.05) is 27.8 Å². The quantitative estimate of drug-likeness (QED) is 0.300. The van der Waals surface area contributed by atoms with Crippen LogP contribution < -0.4 is 5.32 Å². The van der Waals surface area contributed by atoms with Crippen molar-refractivity contribution in [3.8, 4) is 0 Å². The molecule has 0 aliphatic rings. The average Bonchev–Trinajstić information content (AvgIpc) is 2.85. The Hall–Kier alpha value is -4.21. The molecule has 1 amide bonds. The van der Waals surface area contributed by atoms with Gasteiger partial charge in [0.15, 0.2) is 5.71 Å². The van der Waals surface area contributed by atoms with Gasteiger partial charge in [0.1, 0.15) is 32.2 Å². The average molecular weight is 497 g/mol. The van der Waals surface area contributed by atoms with Gasteiger partial charge < -0.3 is 24.6 Å². The molecule has 2 rings (SSSR count). The van der Waals surface area contributed by atoms with E-state index < -0.39 is 11.4 Å². The van der Waals surface area contributed by atoms with Crippen molar-refractivity contribution in [3.63, 3.8) is 0 Å². The maximum absolute atomic E-state index is 12.2. The van der Waals surface area contributed by atoms with Gasteiger partial charge in [-0.05, 0) is 19.1 Å². The van der Waals surface area contributed by atoms with E-state index in [0.29, 0.717) is 28.2 Å². The number of anilines is 1. The van der Waals surface area contributed by atoms with E-state index in [1.54, 1.807) is 55.5 Å². The molecule has 36 heavy (non-hydrogen) atoms. The van der Waals surface area contributed by atoms with Gasteiger partial charge in [0.05, 0.1) is 7.11 Å². The molecule has 10 heteroatoms. The van der Waals surface area contributed by atoms with Gasteiger partial charge >= 0.3 is 5.97 Å². The number of nitrogens with one attached hydrogen (secondary N) is 1. The molecule has 0 fully saturated rings. The lowest BCUT2D eigenvalue weighted by molar-refractivity contribution is -0.132. The summed E-state index contributed by atoms with van der Waals surface area (Å²) in [6.07, 6.45) is 0. The first-order valence-corrected chi connectivity index (χ1v) is 11.1. The van der Waals surface area contributed by atoms with Gasteiger partial charge in [-0.15, -0.1) is 0 Å². The third-order valence-electron chi connectivity index (χ3n) is 4.88. The molecule has 0 aliphatic carbocycles. The van der Waals surface area contributed by atoms with Gasteiger partial charge in [-0.25, -0.2) is 4.79 Å². The molecule has 2 aromatic carbocycles. The normalized spacial score (nSPS) is 12.6. The Morgan fingerprint density at radius 2 is 1.47 bits per heavy atom. The molecule has 0 radical (unpaired) electrons. The standard InChI is InChI=1S/C26H32N4O6/c1-17(22(29-34-6)18-12-14-20(15-13-18)27-25(32)26(2,3)4)28-36-16-19-10-8-9-11-21(19)23(30-35-7)24(31)33-5/h8-15H,16H2,1-7H3,(H,27,32). The molecule has 0 aromatic heterocycles. The Labute approximate surface area is 210 Å². The van der Waals surface area contributed by atoms with Crippen LogP contribution in [0.1, 0.15) is 44.4 Å². The number of hydrogen-bond acceptors (Lipinski definition) is 9. The maximum atomic E-state index is 12.2. The minimum Gasteiger partial charge on any atom is -0.464 e. The van der Waals surface area contributed by atoms with Crippen molar-refractivity contribution in [1.82, 2.24) is 0 Å². The predicted octanol–water partition coefficient (Wildman–Crippen LogP) is 4.14. The number of ether oxygens (including phenoxy) is 1. The Kier molecular flexibility index (Phi) is 10.1. The smallest absolute Gasteiger partial charge is 0.360 e. The van der Waals surface area contributed by atoms with E-state index >= 15 is 0 Å². The van der Waals surface area contributed by atoms with Crippen LogP contribution in [-0.4, -0.2) is 50.3 Å². The molecule has 192 valence electrons. The minimum absolute atomic E-state index is 0.0141. The Morgan fingerprint density at radius 1 is 0.861 bits per heavy atom. The molecule has 0 bridgehead atoms. The lowest BCUT2D eigenvalue weighted by Gasteiger charge is -2.17. The first-order valence-electron chi connectivity index (χ1n) is 11.1. The van der Waals surface area contributed by atoms with Crippen LogP contribution in [0.4, 0.5) is 5.69 Å². The second-order valence-electron chi connectivity index (χ2n) is 8.63. The number of amides is 1. The number of carbonyl (C=O) groups is 2. The van der Waals surface area contributed by atoms with Crippen LogP contribution in [0.2, 0.25) is 0 Å². The lowest BCUT2D eigenvalue weighted by Crippen LogP contribution is -2.27. The highest BCUT2D eigenvalue weighted by molar-refractivity contribution is 6.47. The molecule has 0 atom stereocenters. The largest absolute Gasteiger partial charge is 0.464 e. The molecule has 0 heterocycles. The molecular weight excluding hydrogens is 464 g/mol. The third kappa shape index (κ3) is 7.66. The van der Waals surface area contributed by atoms with Gasteiger partial charge in [-0.2, -0.15) is 0 Å². The zero-order valence-corrected chi connectivity index (χ0v) is 21.6. The van der Waals surface area contributed by atoms with Crippen LogP contribution in [0.15, 0.2) is 64.0 Å². The molecule has 2 aromatic rings. The van der Waals surface area contributed by atoms with Crippen LogP contribution in [0.25, 0.3) is 0 Å². The van der Waals surface area contributed by atoms with E-state index in [0.717, 1.165) is 5.56 Å². The van der Waals surface area contributed by atoms with Crippen molar-refractivity contribution in [3.05, 3.63) is 65.2 Å². The Balaban J connectivity index is 2.20. The van der Waals surface area contributed by atoms with Crippen molar-refractivity contribution in [2.45, 2.75) is 34.3 Å². The molecule has 0 spiro atoms. The van der Waals surface area contributed by atoms with Gasteiger partial charge in [0.2, 0.25) is 5.91 Å². The van der Waals surface area contributed by atoms with Crippen molar-refractivity contribution in [1.29, 1.82) is 0 Å². The summed E-state index contributed by atoms with van der Waals surface area (Å²) >= 11 is 0. The second kappa shape index (κ2) is 13.0. The van der Waals surface area contributed by atoms with Crippen molar-refractivity contribution >= 4 is 34.7 Å². The van der Waals surface area contributed by atoms with Crippen molar-refractivity contribution < 1.29 is 28.8 Å². The number of esters is 1. The summed E-state index contributed by atoms with van der Waals surface area (Å²) < 4.78 is 4.80. The summed E-state index contributed by atoms with van der Waals surface area (Å²) in [6, 6.07) is 14.2. The van der Waals surface area contributed by atoms with Gasteiger partial charge in [-0.1, -0.05) is 72.6 Å². The lowest BCUT2D eigenvalue weighted by atomic mass is 9.95.